The summed E-state index contributed by atoms with van der Waals surface area (Å²) in [6.45, 7) is 5.63. The summed E-state index contributed by atoms with van der Waals surface area (Å²) in [4.78, 5) is 2.47. The van der Waals surface area contributed by atoms with Gasteiger partial charge in [0.2, 0.25) is 0 Å². The maximum absolute atomic E-state index is 6.35. The second-order valence-corrected chi connectivity index (χ2v) is 5.47. The smallest absolute Gasteiger partial charge is 0.0196 e. The summed E-state index contributed by atoms with van der Waals surface area (Å²) in [5, 5.41) is 0. The lowest BCUT2D eigenvalue weighted by Crippen LogP contribution is -2.44. The SMILES string of the molecule is CCC(CC)N(C)CC(N)C1CCCCC1. The predicted octanol–water partition coefficient (Wildman–Crippen LogP) is 3.01. The molecular formula is C14H30N2. The Labute approximate surface area is 102 Å². The van der Waals surface area contributed by atoms with Crippen LogP contribution in [0, 0.1) is 5.92 Å². The molecule has 1 atom stereocenters. The van der Waals surface area contributed by atoms with E-state index in [0.717, 1.165) is 18.5 Å². The van der Waals surface area contributed by atoms with Gasteiger partial charge in [0.15, 0.2) is 0 Å². The molecule has 0 amide bonds. The van der Waals surface area contributed by atoms with Crippen LogP contribution in [0.3, 0.4) is 0 Å². The Balaban J connectivity index is 2.33. The van der Waals surface area contributed by atoms with Gasteiger partial charge in [0, 0.05) is 18.6 Å². The van der Waals surface area contributed by atoms with Gasteiger partial charge < -0.3 is 10.6 Å². The van der Waals surface area contributed by atoms with E-state index < -0.39 is 0 Å². The van der Waals surface area contributed by atoms with E-state index in [0.29, 0.717) is 6.04 Å². The summed E-state index contributed by atoms with van der Waals surface area (Å²) in [5.41, 5.74) is 6.35. The molecule has 1 unspecified atom stereocenters. The summed E-state index contributed by atoms with van der Waals surface area (Å²) >= 11 is 0. The first-order valence-electron chi connectivity index (χ1n) is 7.14. The van der Waals surface area contributed by atoms with Crippen LogP contribution in [0.5, 0.6) is 0 Å². The number of hydrogen-bond acceptors (Lipinski definition) is 2. The fraction of sp³-hybridized carbons (Fsp3) is 1.00. The van der Waals surface area contributed by atoms with E-state index >= 15 is 0 Å². The van der Waals surface area contributed by atoms with Crippen LogP contribution in [0.1, 0.15) is 58.8 Å². The van der Waals surface area contributed by atoms with E-state index in [4.69, 9.17) is 5.73 Å². The van der Waals surface area contributed by atoms with Crippen molar-refractivity contribution >= 4 is 0 Å². The highest BCUT2D eigenvalue weighted by molar-refractivity contribution is 4.80. The van der Waals surface area contributed by atoms with Gasteiger partial charge in [-0.25, -0.2) is 0 Å². The zero-order valence-corrected chi connectivity index (χ0v) is 11.4. The summed E-state index contributed by atoms with van der Waals surface area (Å²) in [6, 6.07) is 1.11. The lowest BCUT2D eigenvalue weighted by atomic mass is 9.84. The van der Waals surface area contributed by atoms with Gasteiger partial charge in [-0.1, -0.05) is 33.1 Å². The molecule has 0 spiro atoms. The topological polar surface area (TPSA) is 29.3 Å². The molecule has 2 N–H and O–H groups in total. The third-order valence-electron chi connectivity index (χ3n) is 4.32. The largest absolute Gasteiger partial charge is 0.326 e. The zero-order chi connectivity index (χ0) is 12.0. The van der Waals surface area contributed by atoms with E-state index in [9.17, 15) is 0 Å². The third kappa shape index (κ3) is 4.06. The molecule has 1 saturated carbocycles. The van der Waals surface area contributed by atoms with Gasteiger partial charge in [-0.05, 0) is 38.6 Å². The first-order chi connectivity index (χ1) is 7.69. The second kappa shape index (κ2) is 7.29. The maximum atomic E-state index is 6.35. The molecular weight excluding hydrogens is 196 g/mol. The Morgan fingerprint density at radius 1 is 1.12 bits per heavy atom. The van der Waals surface area contributed by atoms with Gasteiger partial charge in [0.25, 0.3) is 0 Å². The van der Waals surface area contributed by atoms with E-state index in [-0.39, 0.29) is 0 Å². The average Bonchev–Trinajstić information content (AvgIpc) is 2.31. The van der Waals surface area contributed by atoms with Crippen molar-refractivity contribution in [3.05, 3.63) is 0 Å². The Hall–Kier alpha value is -0.0800. The summed E-state index contributed by atoms with van der Waals surface area (Å²) in [5.74, 6) is 0.783. The van der Waals surface area contributed by atoms with Crippen LogP contribution in [-0.4, -0.2) is 30.6 Å². The van der Waals surface area contributed by atoms with Gasteiger partial charge in [-0.3, -0.25) is 0 Å². The van der Waals surface area contributed by atoms with Gasteiger partial charge in [0.1, 0.15) is 0 Å². The number of nitrogens with zero attached hydrogens (tertiary/aromatic N) is 1. The van der Waals surface area contributed by atoms with Crippen molar-refractivity contribution in [3.63, 3.8) is 0 Å². The Morgan fingerprint density at radius 2 is 1.69 bits per heavy atom. The molecule has 2 heteroatoms. The van der Waals surface area contributed by atoms with Crippen LogP contribution < -0.4 is 5.73 Å². The van der Waals surface area contributed by atoms with Gasteiger partial charge in [-0.15, -0.1) is 0 Å². The molecule has 0 radical (unpaired) electrons. The molecule has 2 nitrogen and oxygen atoms in total. The molecule has 0 aromatic carbocycles. The Morgan fingerprint density at radius 3 is 2.19 bits per heavy atom. The number of likely N-dealkylation sites (N-methyl/N-ethyl adjacent to an activating group) is 1. The van der Waals surface area contributed by atoms with Gasteiger partial charge in [-0.2, -0.15) is 0 Å². The maximum Gasteiger partial charge on any atom is 0.0196 e. The lowest BCUT2D eigenvalue weighted by Gasteiger charge is -2.33. The summed E-state index contributed by atoms with van der Waals surface area (Å²) in [7, 11) is 2.24. The predicted molar refractivity (Wildman–Crippen MR) is 71.6 cm³/mol. The molecule has 1 aliphatic rings. The lowest BCUT2D eigenvalue weighted by molar-refractivity contribution is 0.181. The molecule has 0 saturated heterocycles. The highest BCUT2D eigenvalue weighted by Crippen LogP contribution is 2.26. The minimum absolute atomic E-state index is 0.394. The van der Waals surface area contributed by atoms with Crippen molar-refractivity contribution in [1.82, 2.24) is 4.90 Å². The molecule has 1 rings (SSSR count). The average molecular weight is 226 g/mol. The summed E-state index contributed by atoms with van der Waals surface area (Å²) < 4.78 is 0. The van der Waals surface area contributed by atoms with E-state index in [1.807, 2.05) is 0 Å². The Bertz CT molecular complexity index is 172. The van der Waals surface area contributed by atoms with Crippen molar-refractivity contribution in [2.24, 2.45) is 11.7 Å². The first-order valence-corrected chi connectivity index (χ1v) is 7.14. The van der Waals surface area contributed by atoms with E-state index in [2.05, 4.69) is 25.8 Å². The van der Waals surface area contributed by atoms with Crippen LogP contribution in [-0.2, 0) is 0 Å². The second-order valence-electron chi connectivity index (χ2n) is 5.47. The fourth-order valence-electron chi connectivity index (χ4n) is 3.11. The monoisotopic (exact) mass is 226 g/mol. The van der Waals surface area contributed by atoms with Crippen LogP contribution in [0.25, 0.3) is 0 Å². The van der Waals surface area contributed by atoms with Crippen LogP contribution in [0.4, 0.5) is 0 Å². The molecule has 1 aliphatic carbocycles. The van der Waals surface area contributed by atoms with E-state index in [1.54, 1.807) is 0 Å². The quantitative estimate of drug-likeness (QED) is 0.754. The molecule has 1 fully saturated rings. The molecule has 0 aliphatic heterocycles. The molecule has 0 aromatic heterocycles. The van der Waals surface area contributed by atoms with Gasteiger partial charge >= 0.3 is 0 Å². The van der Waals surface area contributed by atoms with Gasteiger partial charge in [0.05, 0.1) is 0 Å². The number of hydrogen-bond donors (Lipinski definition) is 1. The third-order valence-corrected chi connectivity index (χ3v) is 4.32. The van der Waals surface area contributed by atoms with E-state index in [1.165, 1.54) is 44.9 Å². The molecule has 16 heavy (non-hydrogen) atoms. The van der Waals surface area contributed by atoms with Crippen molar-refractivity contribution in [2.45, 2.75) is 70.9 Å². The normalized spacial score (nSPS) is 20.6. The molecule has 0 bridgehead atoms. The first kappa shape index (κ1) is 14.0. The number of rotatable bonds is 6. The molecule has 96 valence electrons. The van der Waals surface area contributed by atoms with Crippen molar-refractivity contribution < 1.29 is 0 Å². The summed E-state index contributed by atoms with van der Waals surface area (Å²) in [6.07, 6.45) is 9.41. The minimum atomic E-state index is 0.394. The van der Waals surface area contributed by atoms with Crippen molar-refractivity contribution in [2.75, 3.05) is 13.6 Å². The fourth-order valence-corrected chi connectivity index (χ4v) is 3.11. The number of nitrogens with two attached hydrogens (primary N) is 1. The van der Waals surface area contributed by atoms with Crippen LogP contribution in [0.15, 0.2) is 0 Å². The zero-order valence-electron chi connectivity index (χ0n) is 11.4. The van der Waals surface area contributed by atoms with Crippen LogP contribution >= 0.6 is 0 Å². The highest BCUT2D eigenvalue weighted by atomic mass is 15.1. The van der Waals surface area contributed by atoms with Crippen molar-refractivity contribution in [3.8, 4) is 0 Å². The molecule has 0 aromatic rings. The standard InChI is InChI=1S/C14H30N2/c1-4-13(5-2)16(3)11-14(15)12-9-7-6-8-10-12/h12-14H,4-11,15H2,1-3H3. The molecule has 0 heterocycles. The van der Waals surface area contributed by atoms with Crippen LogP contribution in [0.2, 0.25) is 0 Å². The minimum Gasteiger partial charge on any atom is -0.326 e. The van der Waals surface area contributed by atoms with Crippen molar-refractivity contribution in [1.29, 1.82) is 0 Å². The Kier molecular flexibility index (Phi) is 6.37. The highest BCUT2D eigenvalue weighted by Gasteiger charge is 2.23.